The Morgan fingerprint density at radius 2 is 2.17 bits per heavy atom. The summed E-state index contributed by atoms with van der Waals surface area (Å²) in [5.41, 5.74) is 0. The van der Waals surface area contributed by atoms with Gasteiger partial charge in [-0.15, -0.1) is 0 Å². The molecule has 1 amide bonds. The highest BCUT2D eigenvalue weighted by atomic mass is 16.5. The van der Waals surface area contributed by atoms with Gasteiger partial charge in [0.05, 0.1) is 19.3 Å². The Hall–Kier alpha value is -0.770. The zero-order valence-corrected chi connectivity index (χ0v) is 7.25. The van der Waals surface area contributed by atoms with Gasteiger partial charge in [0, 0.05) is 0 Å². The Kier molecular flexibility index (Phi) is 3.34. The number of rotatable bonds is 1. The number of hydrogen-bond acceptors (Lipinski definition) is 3. The number of hydrogen-bond donors (Lipinski definition) is 2. The van der Waals surface area contributed by atoms with Crippen molar-refractivity contribution in [2.45, 2.75) is 37.8 Å². The van der Waals surface area contributed by atoms with Crippen LogP contribution in [0.25, 0.3) is 0 Å². The fourth-order valence-electron chi connectivity index (χ4n) is 1.49. The second-order valence-electron chi connectivity index (χ2n) is 3.09. The molecular formula is C8H15NO3. The lowest BCUT2D eigenvalue weighted by atomic mass is 9.93. The van der Waals surface area contributed by atoms with Crippen molar-refractivity contribution in [3.8, 4) is 0 Å². The van der Waals surface area contributed by atoms with Crippen molar-refractivity contribution < 1.29 is 14.6 Å². The molecule has 0 radical (unpaired) electrons. The molecule has 1 rings (SSSR count). The highest BCUT2D eigenvalue weighted by molar-refractivity contribution is 5.67. The maximum Gasteiger partial charge on any atom is 0.407 e. The number of amides is 1. The van der Waals surface area contributed by atoms with Crippen LogP contribution in [0.3, 0.4) is 0 Å². The average Bonchev–Trinajstić information content (AvgIpc) is 2.09. The van der Waals surface area contributed by atoms with Crippen LogP contribution in [-0.4, -0.2) is 30.5 Å². The molecular weight excluding hydrogens is 158 g/mol. The van der Waals surface area contributed by atoms with E-state index >= 15 is 0 Å². The number of ether oxygens (including phenoxy) is 1. The number of methoxy groups -OCH3 is 1. The Bertz CT molecular complexity index is 160. The molecule has 1 aliphatic carbocycles. The summed E-state index contributed by atoms with van der Waals surface area (Å²) in [7, 11) is 1.32. The second kappa shape index (κ2) is 4.30. The number of aliphatic hydroxyl groups is 1. The summed E-state index contributed by atoms with van der Waals surface area (Å²) in [6.07, 6.45) is 2.86. The van der Waals surface area contributed by atoms with Gasteiger partial charge in [-0.2, -0.15) is 0 Å². The first-order chi connectivity index (χ1) is 5.74. The van der Waals surface area contributed by atoms with Crippen LogP contribution in [0.4, 0.5) is 4.79 Å². The molecule has 0 aliphatic heterocycles. The fraction of sp³-hybridized carbons (Fsp3) is 0.875. The largest absolute Gasteiger partial charge is 0.453 e. The van der Waals surface area contributed by atoms with Crippen LogP contribution >= 0.6 is 0 Å². The van der Waals surface area contributed by atoms with Gasteiger partial charge in [-0.3, -0.25) is 0 Å². The maximum absolute atomic E-state index is 10.8. The van der Waals surface area contributed by atoms with Crippen molar-refractivity contribution in [1.82, 2.24) is 5.32 Å². The summed E-state index contributed by atoms with van der Waals surface area (Å²) in [5.74, 6) is 0. The van der Waals surface area contributed by atoms with Gasteiger partial charge in [-0.1, -0.05) is 12.8 Å². The third-order valence-electron chi connectivity index (χ3n) is 2.22. The predicted octanol–water partition coefficient (Wildman–Crippen LogP) is 0.646. The lowest BCUT2D eigenvalue weighted by Gasteiger charge is -2.27. The number of carbonyl (C=O) groups is 1. The van der Waals surface area contributed by atoms with E-state index in [1.807, 2.05) is 0 Å². The van der Waals surface area contributed by atoms with E-state index in [1.54, 1.807) is 0 Å². The Labute approximate surface area is 71.9 Å². The van der Waals surface area contributed by atoms with E-state index in [4.69, 9.17) is 0 Å². The van der Waals surface area contributed by atoms with Crippen molar-refractivity contribution in [3.63, 3.8) is 0 Å². The first-order valence-corrected chi connectivity index (χ1v) is 4.26. The highest BCUT2D eigenvalue weighted by Gasteiger charge is 2.24. The summed E-state index contributed by atoms with van der Waals surface area (Å²) >= 11 is 0. The monoisotopic (exact) mass is 173 g/mol. The van der Waals surface area contributed by atoms with Gasteiger partial charge in [0.2, 0.25) is 0 Å². The Morgan fingerprint density at radius 1 is 1.50 bits per heavy atom. The third kappa shape index (κ3) is 2.37. The maximum atomic E-state index is 10.8. The van der Waals surface area contributed by atoms with Crippen LogP contribution in [0.5, 0.6) is 0 Å². The van der Waals surface area contributed by atoms with Gasteiger partial charge in [0.25, 0.3) is 0 Å². The number of nitrogens with one attached hydrogen (secondary N) is 1. The molecule has 0 heterocycles. The summed E-state index contributed by atoms with van der Waals surface area (Å²) in [6.45, 7) is 0. The lowest BCUT2D eigenvalue weighted by molar-refractivity contribution is 0.0846. The third-order valence-corrected chi connectivity index (χ3v) is 2.22. The highest BCUT2D eigenvalue weighted by Crippen LogP contribution is 2.18. The lowest BCUT2D eigenvalue weighted by Crippen LogP contribution is -2.44. The standard InChI is InChI=1S/C8H15NO3/c1-12-8(11)9-6-4-2-3-5-7(6)10/h6-7,10H,2-5H2,1H3,(H,9,11)/t6?,7-/m1/s1. The van der Waals surface area contributed by atoms with Crippen LogP contribution in [0.15, 0.2) is 0 Å². The predicted molar refractivity (Wildman–Crippen MR) is 43.8 cm³/mol. The molecule has 0 aromatic heterocycles. The number of aliphatic hydroxyl groups excluding tert-OH is 1. The van der Waals surface area contributed by atoms with Gasteiger partial charge >= 0.3 is 6.09 Å². The minimum Gasteiger partial charge on any atom is -0.453 e. The van der Waals surface area contributed by atoms with Crippen LogP contribution in [0.1, 0.15) is 25.7 Å². The molecule has 0 spiro atoms. The van der Waals surface area contributed by atoms with Crippen molar-refractivity contribution >= 4 is 6.09 Å². The molecule has 12 heavy (non-hydrogen) atoms. The summed E-state index contributed by atoms with van der Waals surface area (Å²) < 4.78 is 4.44. The van der Waals surface area contributed by atoms with E-state index in [0.29, 0.717) is 0 Å². The second-order valence-corrected chi connectivity index (χ2v) is 3.09. The zero-order chi connectivity index (χ0) is 8.97. The summed E-state index contributed by atoms with van der Waals surface area (Å²) in [6, 6.07) is -0.119. The van der Waals surface area contributed by atoms with Crippen LogP contribution < -0.4 is 5.32 Å². The van der Waals surface area contributed by atoms with Crippen molar-refractivity contribution in [2.24, 2.45) is 0 Å². The van der Waals surface area contributed by atoms with Gasteiger partial charge in [-0.05, 0) is 12.8 Å². The number of alkyl carbamates (subject to hydrolysis) is 1. The molecule has 1 unspecified atom stereocenters. The summed E-state index contributed by atoms with van der Waals surface area (Å²) in [4.78, 5) is 10.8. The quantitative estimate of drug-likeness (QED) is 0.612. The molecule has 0 aromatic rings. The van der Waals surface area contributed by atoms with E-state index in [9.17, 15) is 9.90 Å². The average molecular weight is 173 g/mol. The van der Waals surface area contributed by atoms with Crippen molar-refractivity contribution in [3.05, 3.63) is 0 Å². The molecule has 0 bridgehead atoms. The normalized spacial score (nSPS) is 29.5. The Morgan fingerprint density at radius 3 is 2.75 bits per heavy atom. The minimum absolute atomic E-state index is 0.119. The van der Waals surface area contributed by atoms with Crippen LogP contribution in [0.2, 0.25) is 0 Å². The van der Waals surface area contributed by atoms with Crippen LogP contribution in [-0.2, 0) is 4.74 Å². The SMILES string of the molecule is COC(=O)NC1CCCC[C@H]1O. The van der Waals surface area contributed by atoms with E-state index in [-0.39, 0.29) is 6.04 Å². The van der Waals surface area contributed by atoms with Crippen LogP contribution in [0, 0.1) is 0 Å². The first kappa shape index (κ1) is 9.32. The van der Waals surface area contributed by atoms with Crippen molar-refractivity contribution in [1.29, 1.82) is 0 Å². The van der Waals surface area contributed by atoms with E-state index < -0.39 is 12.2 Å². The van der Waals surface area contributed by atoms with E-state index in [1.165, 1.54) is 7.11 Å². The van der Waals surface area contributed by atoms with E-state index in [0.717, 1.165) is 25.7 Å². The molecule has 70 valence electrons. The molecule has 4 heteroatoms. The molecule has 0 saturated heterocycles. The molecule has 0 aromatic carbocycles. The first-order valence-electron chi connectivity index (χ1n) is 4.26. The smallest absolute Gasteiger partial charge is 0.407 e. The Balaban J connectivity index is 2.33. The zero-order valence-electron chi connectivity index (χ0n) is 7.25. The summed E-state index contributed by atoms with van der Waals surface area (Å²) in [5, 5.41) is 12.1. The number of carbonyl (C=O) groups excluding carboxylic acids is 1. The van der Waals surface area contributed by atoms with Gasteiger partial charge in [0.1, 0.15) is 0 Å². The fourth-order valence-corrected chi connectivity index (χ4v) is 1.49. The van der Waals surface area contributed by atoms with Gasteiger partial charge in [-0.25, -0.2) is 4.79 Å². The molecule has 2 N–H and O–H groups in total. The van der Waals surface area contributed by atoms with Gasteiger partial charge in [0.15, 0.2) is 0 Å². The molecule has 1 saturated carbocycles. The minimum atomic E-state index is -0.457. The van der Waals surface area contributed by atoms with Crippen molar-refractivity contribution in [2.75, 3.05) is 7.11 Å². The molecule has 2 atom stereocenters. The topological polar surface area (TPSA) is 58.6 Å². The molecule has 1 fully saturated rings. The molecule has 1 aliphatic rings. The van der Waals surface area contributed by atoms with E-state index in [2.05, 4.69) is 10.1 Å². The molecule has 4 nitrogen and oxygen atoms in total. The van der Waals surface area contributed by atoms with Gasteiger partial charge < -0.3 is 15.2 Å².